The first kappa shape index (κ1) is 10.8. The van der Waals surface area contributed by atoms with Crippen molar-refractivity contribution >= 4 is 11.8 Å². The lowest BCUT2D eigenvalue weighted by Crippen LogP contribution is -2.12. The molecule has 0 spiro atoms. The van der Waals surface area contributed by atoms with Crippen LogP contribution in [-0.4, -0.2) is 19.9 Å². The van der Waals surface area contributed by atoms with Gasteiger partial charge in [0, 0.05) is 10.9 Å². The van der Waals surface area contributed by atoms with E-state index in [9.17, 15) is 0 Å². The highest BCUT2D eigenvalue weighted by Gasteiger charge is 2.17. The molecule has 1 aromatic carbocycles. The van der Waals surface area contributed by atoms with Gasteiger partial charge in [-0.1, -0.05) is 6.07 Å². The van der Waals surface area contributed by atoms with Gasteiger partial charge in [0.25, 0.3) is 0 Å². The smallest absolute Gasteiger partial charge is 0.132 e. The topological polar surface area (TPSA) is 21.3 Å². The van der Waals surface area contributed by atoms with E-state index >= 15 is 0 Å². The van der Waals surface area contributed by atoms with Gasteiger partial charge in [0.2, 0.25) is 0 Å². The zero-order valence-electron chi connectivity index (χ0n) is 9.25. The van der Waals surface area contributed by atoms with Crippen LogP contribution in [0.2, 0.25) is 0 Å². The normalized spacial score (nSPS) is 20.5. The molecule has 0 amide bonds. The summed E-state index contributed by atoms with van der Waals surface area (Å²) >= 11 is 1.74. The van der Waals surface area contributed by atoms with Gasteiger partial charge in [-0.15, -0.1) is 11.8 Å². The minimum Gasteiger partial charge on any atom is -0.496 e. The summed E-state index contributed by atoms with van der Waals surface area (Å²) in [6, 6.07) is 7.02. The molecule has 1 N–H and O–H groups in total. The number of thioether (sulfide) groups is 1. The van der Waals surface area contributed by atoms with Gasteiger partial charge in [0.15, 0.2) is 0 Å². The average Bonchev–Trinajstić information content (AvgIpc) is 2.81. The third kappa shape index (κ3) is 2.29. The van der Waals surface area contributed by atoms with Gasteiger partial charge in [-0.2, -0.15) is 0 Å². The van der Waals surface area contributed by atoms with E-state index in [0.29, 0.717) is 6.04 Å². The molecule has 1 atom stereocenters. The molecular formula is C12H17NOS. The third-order valence-electron chi connectivity index (χ3n) is 2.87. The van der Waals surface area contributed by atoms with Crippen LogP contribution < -0.4 is 10.1 Å². The van der Waals surface area contributed by atoms with Gasteiger partial charge in [0.1, 0.15) is 5.75 Å². The van der Waals surface area contributed by atoms with Crippen molar-refractivity contribution in [3.05, 3.63) is 23.8 Å². The Hall–Kier alpha value is -0.670. The van der Waals surface area contributed by atoms with E-state index in [1.54, 1.807) is 18.9 Å². The molecule has 1 aliphatic rings. The molecule has 15 heavy (non-hydrogen) atoms. The Morgan fingerprint density at radius 1 is 1.47 bits per heavy atom. The maximum absolute atomic E-state index is 5.31. The monoisotopic (exact) mass is 223 g/mol. The average molecular weight is 223 g/mol. The Morgan fingerprint density at radius 2 is 2.33 bits per heavy atom. The van der Waals surface area contributed by atoms with E-state index in [4.69, 9.17) is 4.74 Å². The molecule has 2 nitrogen and oxygen atoms in total. The Kier molecular flexibility index (Phi) is 3.54. The van der Waals surface area contributed by atoms with Crippen LogP contribution >= 0.6 is 11.8 Å². The fourth-order valence-corrected chi connectivity index (χ4v) is 2.65. The molecule has 0 radical (unpaired) electrons. The van der Waals surface area contributed by atoms with Crippen LogP contribution in [0, 0.1) is 0 Å². The predicted octanol–water partition coefficient (Wildman–Crippen LogP) is 2.84. The summed E-state index contributed by atoms with van der Waals surface area (Å²) in [5, 5.41) is 3.51. The molecule has 2 rings (SSSR count). The van der Waals surface area contributed by atoms with Crippen molar-refractivity contribution < 1.29 is 4.74 Å². The highest BCUT2D eigenvalue weighted by atomic mass is 32.2. The minimum absolute atomic E-state index is 0.543. The zero-order chi connectivity index (χ0) is 10.7. The summed E-state index contributed by atoms with van der Waals surface area (Å²) in [4.78, 5) is 1.23. The molecule has 82 valence electrons. The quantitative estimate of drug-likeness (QED) is 0.796. The lowest BCUT2D eigenvalue weighted by Gasteiger charge is -2.13. The van der Waals surface area contributed by atoms with Crippen molar-refractivity contribution in [2.75, 3.05) is 19.9 Å². The van der Waals surface area contributed by atoms with Crippen molar-refractivity contribution in [1.29, 1.82) is 0 Å². The van der Waals surface area contributed by atoms with Gasteiger partial charge in [-0.3, -0.25) is 0 Å². The highest BCUT2D eigenvalue weighted by molar-refractivity contribution is 7.98. The second kappa shape index (κ2) is 4.90. The van der Waals surface area contributed by atoms with E-state index < -0.39 is 0 Å². The largest absolute Gasteiger partial charge is 0.496 e. The lowest BCUT2D eigenvalue weighted by atomic mass is 10.1. The summed E-state index contributed by atoms with van der Waals surface area (Å²) in [6.45, 7) is 1.14. The molecule has 0 aromatic heterocycles. The summed E-state index contributed by atoms with van der Waals surface area (Å²) in [6.07, 6.45) is 4.62. The molecule has 3 heteroatoms. The molecular weight excluding hydrogens is 206 g/mol. The molecule has 1 heterocycles. The van der Waals surface area contributed by atoms with Gasteiger partial charge in [-0.05, 0) is 43.3 Å². The minimum atomic E-state index is 0.543. The molecule has 0 saturated carbocycles. The second-order valence-electron chi connectivity index (χ2n) is 3.76. The van der Waals surface area contributed by atoms with Crippen molar-refractivity contribution in [2.24, 2.45) is 0 Å². The van der Waals surface area contributed by atoms with Crippen molar-refractivity contribution in [2.45, 2.75) is 23.8 Å². The Balaban J connectivity index is 2.25. The maximum Gasteiger partial charge on any atom is 0.132 e. The molecule has 1 fully saturated rings. The Labute approximate surface area is 95.4 Å². The van der Waals surface area contributed by atoms with Gasteiger partial charge in [0.05, 0.1) is 7.11 Å². The van der Waals surface area contributed by atoms with Crippen LogP contribution in [0.3, 0.4) is 0 Å². The summed E-state index contributed by atoms with van der Waals surface area (Å²) in [5.41, 5.74) is 1.39. The first-order valence-corrected chi connectivity index (χ1v) is 6.53. The number of rotatable bonds is 3. The van der Waals surface area contributed by atoms with Crippen molar-refractivity contribution in [3.63, 3.8) is 0 Å². The first-order chi connectivity index (χ1) is 7.35. The molecule has 1 aliphatic heterocycles. The number of nitrogens with one attached hydrogen (secondary N) is 1. The maximum atomic E-state index is 5.31. The van der Waals surface area contributed by atoms with E-state index in [2.05, 4.69) is 29.8 Å². The fraction of sp³-hybridized carbons (Fsp3) is 0.500. The number of benzene rings is 1. The molecule has 0 bridgehead atoms. The van der Waals surface area contributed by atoms with Crippen LogP contribution in [0.15, 0.2) is 23.1 Å². The Bertz CT molecular complexity index is 334. The molecule has 0 aliphatic carbocycles. The van der Waals surface area contributed by atoms with Gasteiger partial charge < -0.3 is 10.1 Å². The molecule has 1 aromatic rings. The van der Waals surface area contributed by atoms with Gasteiger partial charge in [-0.25, -0.2) is 0 Å². The molecule has 1 unspecified atom stereocenters. The highest BCUT2D eigenvalue weighted by Crippen LogP contribution is 2.32. The standard InChI is InChI=1S/C12H17NOS/c1-14-11-6-5-9(8-12(11)15-2)10-4-3-7-13-10/h5-6,8,10,13H,3-4,7H2,1-2H3. The molecule has 1 saturated heterocycles. The summed E-state index contributed by atoms with van der Waals surface area (Å²) in [7, 11) is 1.72. The van der Waals surface area contributed by atoms with Crippen LogP contribution in [0.1, 0.15) is 24.4 Å². The predicted molar refractivity (Wildman–Crippen MR) is 64.8 cm³/mol. The van der Waals surface area contributed by atoms with E-state index in [1.165, 1.54) is 23.3 Å². The van der Waals surface area contributed by atoms with E-state index in [1.807, 2.05) is 0 Å². The van der Waals surface area contributed by atoms with E-state index in [0.717, 1.165) is 12.3 Å². The van der Waals surface area contributed by atoms with Crippen LogP contribution in [0.5, 0.6) is 5.75 Å². The lowest BCUT2D eigenvalue weighted by molar-refractivity contribution is 0.404. The second-order valence-corrected chi connectivity index (χ2v) is 4.61. The Morgan fingerprint density at radius 3 is 2.93 bits per heavy atom. The summed E-state index contributed by atoms with van der Waals surface area (Å²) < 4.78 is 5.31. The summed E-state index contributed by atoms with van der Waals surface area (Å²) in [5.74, 6) is 0.976. The number of ether oxygens (including phenoxy) is 1. The number of hydrogen-bond donors (Lipinski definition) is 1. The van der Waals surface area contributed by atoms with Crippen LogP contribution in [0.4, 0.5) is 0 Å². The fourth-order valence-electron chi connectivity index (χ4n) is 2.04. The number of methoxy groups -OCH3 is 1. The van der Waals surface area contributed by atoms with Crippen LogP contribution in [-0.2, 0) is 0 Å². The zero-order valence-corrected chi connectivity index (χ0v) is 10.1. The van der Waals surface area contributed by atoms with Crippen LogP contribution in [0.25, 0.3) is 0 Å². The van der Waals surface area contributed by atoms with Crippen molar-refractivity contribution in [3.8, 4) is 5.75 Å². The number of hydrogen-bond acceptors (Lipinski definition) is 3. The SMILES string of the molecule is COc1ccc(C2CCCN2)cc1SC. The third-order valence-corrected chi connectivity index (χ3v) is 3.63. The van der Waals surface area contributed by atoms with E-state index in [-0.39, 0.29) is 0 Å². The van der Waals surface area contributed by atoms with Crippen molar-refractivity contribution in [1.82, 2.24) is 5.32 Å². The van der Waals surface area contributed by atoms with Gasteiger partial charge >= 0.3 is 0 Å². The first-order valence-electron chi connectivity index (χ1n) is 5.30.